The number of halogens is 2. The number of hydrogen-bond donors (Lipinski definition) is 0. The molecule has 0 aliphatic carbocycles. The van der Waals surface area contributed by atoms with E-state index in [1.165, 1.54) is 4.90 Å². The minimum atomic E-state index is -0.803. The number of ether oxygens (including phenoxy) is 2. The molecule has 1 amide bonds. The fourth-order valence-electron chi connectivity index (χ4n) is 4.86. The van der Waals surface area contributed by atoms with Gasteiger partial charge in [-0.05, 0) is 59.7 Å². The van der Waals surface area contributed by atoms with Crippen LogP contribution in [-0.2, 0) is 6.61 Å². The van der Waals surface area contributed by atoms with E-state index in [0.717, 1.165) is 5.56 Å². The molecule has 39 heavy (non-hydrogen) atoms. The smallest absolute Gasteiger partial charge is 0.295 e. The Labute approximate surface area is 233 Å². The molecule has 1 aromatic heterocycles. The molecule has 0 N–H and O–H groups in total. The van der Waals surface area contributed by atoms with Crippen molar-refractivity contribution in [3.05, 3.63) is 134 Å². The maximum Gasteiger partial charge on any atom is 0.295 e. The molecule has 6 nitrogen and oxygen atoms in total. The third-order valence-corrected chi connectivity index (χ3v) is 7.13. The Balaban J connectivity index is 1.50. The average Bonchev–Trinajstić information content (AvgIpc) is 3.25. The van der Waals surface area contributed by atoms with Crippen molar-refractivity contribution < 1.29 is 18.7 Å². The number of hydrogen-bond acceptors (Lipinski definition) is 5. The summed E-state index contributed by atoms with van der Waals surface area (Å²) in [5.74, 6) is 0.516. The second-order valence-electron chi connectivity index (χ2n) is 9.06. The average molecular weight is 558 g/mol. The second kappa shape index (κ2) is 10.1. The van der Waals surface area contributed by atoms with Gasteiger partial charge >= 0.3 is 0 Å². The molecule has 1 atom stereocenters. The summed E-state index contributed by atoms with van der Waals surface area (Å²) in [6.07, 6.45) is 0. The van der Waals surface area contributed by atoms with Crippen LogP contribution in [-0.4, -0.2) is 13.0 Å². The first-order valence-electron chi connectivity index (χ1n) is 12.1. The van der Waals surface area contributed by atoms with E-state index in [0.29, 0.717) is 44.8 Å². The molecule has 0 spiro atoms. The zero-order valence-electron chi connectivity index (χ0n) is 20.7. The Morgan fingerprint density at radius 1 is 0.846 bits per heavy atom. The molecule has 4 aromatic carbocycles. The highest BCUT2D eigenvalue weighted by Crippen LogP contribution is 2.44. The van der Waals surface area contributed by atoms with Gasteiger partial charge in [0.2, 0.25) is 5.76 Å². The third-order valence-electron chi connectivity index (χ3n) is 6.66. The van der Waals surface area contributed by atoms with Crippen LogP contribution in [0.1, 0.15) is 33.3 Å². The van der Waals surface area contributed by atoms with Gasteiger partial charge in [-0.1, -0.05) is 65.7 Å². The normalized spacial score (nSPS) is 14.5. The quantitative estimate of drug-likeness (QED) is 0.217. The molecule has 5 aromatic rings. The number of carbonyl (C=O) groups is 1. The Kier molecular flexibility index (Phi) is 6.51. The van der Waals surface area contributed by atoms with Crippen molar-refractivity contribution in [2.24, 2.45) is 0 Å². The molecule has 194 valence electrons. The first kappa shape index (κ1) is 25.0. The van der Waals surface area contributed by atoms with Gasteiger partial charge in [-0.2, -0.15) is 0 Å². The van der Waals surface area contributed by atoms with Crippen LogP contribution in [0.4, 0.5) is 5.69 Å². The largest absolute Gasteiger partial charge is 0.493 e. The van der Waals surface area contributed by atoms with Crippen molar-refractivity contribution in [3.63, 3.8) is 0 Å². The van der Waals surface area contributed by atoms with Crippen LogP contribution in [0.2, 0.25) is 10.0 Å². The van der Waals surface area contributed by atoms with Crippen molar-refractivity contribution in [3.8, 4) is 11.5 Å². The van der Waals surface area contributed by atoms with Crippen LogP contribution in [0.15, 0.2) is 100 Å². The molecule has 0 bridgehead atoms. The number of fused-ring (bicyclic) bond motifs is 2. The Morgan fingerprint density at radius 3 is 2.41 bits per heavy atom. The van der Waals surface area contributed by atoms with Gasteiger partial charge in [-0.25, -0.2) is 0 Å². The molecule has 1 aliphatic rings. The van der Waals surface area contributed by atoms with E-state index in [1.54, 1.807) is 61.7 Å². The van der Waals surface area contributed by atoms with Crippen LogP contribution in [0.5, 0.6) is 11.5 Å². The third kappa shape index (κ3) is 4.52. The number of carbonyl (C=O) groups excluding carboxylic acids is 1. The predicted octanol–water partition coefficient (Wildman–Crippen LogP) is 7.44. The molecule has 1 unspecified atom stereocenters. The highest BCUT2D eigenvalue weighted by atomic mass is 35.5. The number of methoxy groups -OCH3 is 1. The molecule has 2 heterocycles. The second-order valence-corrected chi connectivity index (χ2v) is 9.93. The highest BCUT2D eigenvalue weighted by molar-refractivity contribution is 6.31. The molecule has 8 heteroatoms. The Morgan fingerprint density at radius 2 is 1.64 bits per heavy atom. The lowest BCUT2D eigenvalue weighted by atomic mass is 9.97. The van der Waals surface area contributed by atoms with Crippen LogP contribution in [0.3, 0.4) is 0 Å². The number of anilines is 1. The van der Waals surface area contributed by atoms with Crippen molar-refractivity contribution >= 4 is 45.8 Å². The van der Waals surface area contributed by atoms with Crippen molar-refractivity contribution in [1.29, 1.82) is 0 Å². The fourth-order valence-corrected chi connectivity index (χ4v) is 5.22. The summed E-state index contributed by atoms with van der Waals surface area (Å²) >= 11 is 12.5. The summed E-state index contributed by atoms with van der Waals surface area (Å²) in [4.78, 5) is 29.2. The molecular formula is C31H21Cl2NO5. The van der Waals surface area contributed by atoms with Crippen LogP contribution in [0, 0.1) is 0 Å². The molecule has 0 fully saturated rings. The van der Waals surface area contributed by atoms with Gasteiger partial charge in [0, 0.05) is 15.7 Å². The maximum atomic E-state index is 13.8. The van der Waals surface area contributed by atoms with E-state index in [-0.39, 0.29) is 22.3 Å². The minimum Gasteiger partial charge on any atom is -0.493 e. The summed E-state index contributed by atoms with van der Waals surface area (Å²) in [6.45, 7) is 0.353. The fraction of sp³-hybridized carbons (Fsp3) is 0.0968. The van der Waals surface area contributed by atoms with E-state index < -0.39 is 11.9 Å². The van der Waals surface area contributed by atoms with Crippen molar-refractivity contribution in [1.82, 2.24) is 0 Å². The lowest BCUT2D eigenvalue weighted by molar-refractivity contribution is 0.0971. The SMILES string of the molecule is COc1cc(C2c3c(oc4ccc(Cl)cc4c3=O)C(=O)N2c2cccc(Cl)c2)ccc1OCc1ccccc1. The number of benzene rings is 4. The monoisotopic (exact) mass is 557 g/mol. The standard InChI is InChI=1S/C31H21Cl2NO5/c1-37-26-14-19(10-12-25(26)38-17-18-6-3-2-4-7-18)28-27-29(35)23-16-21(33)11-13-24(23)39-30(27)31(36)34(28)22-9-5-8-20(32)15-22/h2-16,28H,17H2,1H3. The predicted molar refractivity (Wildman–Crippen MR) is 151 cm³/mol. The lowest BCUT2D eigenvalue weighted by Gasteiger charge is -2.26. The highest BCUT2D eigenvalue weighted by Gasteiger charge is 2.44. The van der Waals surface area contributed by atoms with E-state index in [1.807, 2.05) is 36.4 Å². The summed E-state index contributed by atoms with van der Waals surface area (Å²) in [6, 6.07) is 26.0. The maximum absolute atomic E-state index is 13.8. The van der Waals surface area contributed by atoms with Gasteiger partial charge in [0.15, 0.2) is 16.9 Å². The first-order chi connectivity index (χ1) is 18.9. The zero-order valence-corrected chi connectivity index (χ0v) is 22.2. The summed E-state index contributed by atoms with van der Waals surface area (Å²) in [7, 11) is 1.54. The summed E-state index contributed by atoms with van der Waals surface area (Å²) < 4.78 is 17.7. The molecule has 0 saturated carbocycles. The number of amides is 1. The van der Waals surface area contributed by atoms with Gasteiger partial charge in [0.25, 0.3) is 5.91 Å². The number of rotatable bonds is 6. The minimum absolute atomic E-state index is 0.0248. The van der Waals surface area contributed by atoms with E-state index in [9.17, 15) is 9.59 Å². The van der Waals surface area contributed by atoms with E-state index in [4.69, 9.17) is 37.1 Å². The molecule has 0 radical (unpaired) electrons. The lowest BCUT2D eigenvalue weighted by Crippen LogP contribution is -2.29. The van der Waals surface area contributed by atoms with Gasteiger partial charge in [-0.15, -0.1) is 0 Å². The van der Waals surface area contributed by atoms with Crippen LogP contribution < -0.4 is 19.8 Å². The van der Waals surface area contributed by atoms with Crippen LogP contribution in [0.25, 0.3) is 11.0 Å². The van der Waals surface area contributed by atoms with Gasteiger partial charge in [0.05, 0.1) is 24.1 Å². The van der Waals surface area contributed by atoms with Gasteiger partial charge in [0.1, 0.15) is 12.2 Å². The topological polar surface area (TPSA) is 69.0 Å². The van der Waals surface area contributed by atoms with E-state index >= 15 is 0 Å². The molecular weight excluding hydrogens is 537 g/mol. The molecule has 6 rings (SSSR count). The van der Waals surface area contributed by atoms with Crippen LogP contribution >= 0.6 is 23.2 Å². The molecule has 0 saturated heterocycles. The molecule has 1 aliphatic heterocycles. The van der Waals surface area contributed by atoms with Crippen molar-refractivity contribution in [2.75, 3.05) is 12.0 Å². The van der Waals surface area contributed by atoms with Gasteiger partial charge < -0.3 is 13.9 Å². The van der Waals surface area contributed by atoms with E-state index in [2.05, 4.69) is 0 Å². The Bertz CT molecular complexity index is 1780. The summed E-state index contributed by atoms with van der Waals surface area (Å²) in [5.41, 5.74) is 2.34. The Hall–Kier alpha value is -4.26. The van der Waals surface area contributed by atoms with Crippen molar-refractivity contribution in [2.45, 2.75) is 12.6 Å². The zero-order chi connectivity index (χ0) is 27.1. The number of nitrogens with zero attached hydrogens (tertiary/aromatic N) is 1. The summed E-state index contributed by atoms with van der Waals surface area (Å²) in [5, 5.41) is 1.14. The first-order valence-corrected chi connectivity index (χ1v) is 12.9. The van der Waals surface area contributed by atoms with Gasteiger partial charge in [-0.3, -0.25) is 14.5 Å².